The van der Waals surface area contributed by atoms with Crippen molar-refractivity contribution in [3.8, 4) is 0 Å². The minimum atomic E-state index is -0.152. The Kier molecular flexibility index (Phi) is 9.01. The van der Waals surface area contributed by atoms with Crippen LogP contribution in [0.2, 0.25) is 0 Å². The summed E-state index contributed by atoms with van der Waals surface area (Å²) in [5.74, 6) is 3.65. The molecule has 4 aliphatic rings. The molecule has 0 aliphatic heterocycles. The summed E-state index contributed by atoms with van der Waals surface area (Å²) in [4.78, 5) is 24.4. The topological polar surface area (TPSA) is 52.6 Å². The van der Waals surface area contributed by atoms with Crippen LogP contribution in [0, 0.1) is 46.3 Å². The fourth-order valence-electron chi connectivity index (χ4n) is 11.4. The molecule has 4 saturated carbocycles. The lowest BCUT2D eigenvalue weighted by atomic mass is 9.43. The molecule has 2 aromatic carbocycles. The molecule has 0 aromatic heterocycles. The van der Waals surface area contributed by atoms with Crippen molar-refractivity contribution in [3.63, 3.8) is 0 Å². The van der Waals surface area contributed by atoms with Gasteiger partial charge in [0.1, 0.15) is 12.2 Å². The van der Waals surface area contributed by atoms with Gasteiger partial charge in [-0.1, -0.05) is 81.4 Å². The first kappa shape index (κ1) is 31.4. The van der Waals surface area contributed by atoms with E-state index in [4.69, 9.17) is 9.47 Å². The molecule has 4 fully saturated rings. The van der Waals surface area contributed by atoms with Crippen LogP contribution in [0.25, 0.3) is 0 Å². The Morgan fingerprint density at radius 1 is 0.773 bits per heavy atom. The van der Waals surface area contributed by atoms with Gasteiger partial charge in [0, 0.05) is 25.2 Å². The van der Waals surface area contributed by atoms with E-state index in [0.29, 0.717) is 41.4 Å². The summed E-state index contributed by atoms with van der Waals surface area (Å²) >= 11 is 0. The smallest absolute Gasteiger partial charge is 0.302 e. The molecule has 0 heterocycles. The SMILES string of the molecule is CC(=O)OC1CC[C@@]2(C)C(CC[C@H]3[C@@H]4CC[C@H]([C@H](C)CCC(c5ccccc5)c5ccccc5)[C@@]4(C)C(OC(C)=O)C[C@@H]32)C1. The van der Waals surface area contributed by atoms with Crippen LogP contribution in [0.15, 0.2) is 60.7 Å². The second kappa shape index (κ2) is 12.6. The van der Waals surface area contributed by atoms with Gasteiger partial charge < -0.3 is 9.47 Å². The maximum Gasteiger partial charge on any atom is 0.302 e. The number of esters is 2. The van der Waals surface area contributed by atoms with Crippen LogP contribution in [0.4, 0.5) is 0 Å². The lowest BCUT2D eigenvalue weighted by Gasteiger charge is -2.62. The van der Waals surface area contributed by atoms with E-state index in [-0.39, 0.29) is 35.0 Å². The molecular formula is C40H54O4. The van der Waals surface area contributed by atoms with Crippen molar-refractivity contribution in [3.05, 3.63) is 71.8 Å². The van der Waals surface area contributed by atoms with Crippen molar-refractivity contribution in [1.82, 2.24) is 0 Å². The zero-order chi connectivity index (χ0) is 31.1. The first-order valence-corrected chi connectivity index (χ1v) is 17.6. The highest BCUT2D eigenvalue weighted by Crippen LogP contribution is 2.69. The third-order valence-electron chi connectivity index (χ3n) is 13.4. The normalized spacial score (nSPS) is 36.9. The minimum Gasteiger partial charge on any atom is -0.463 e. The number of hydrogen-bond acceptors (Lipinski definition) is 4. The number of hydrogen-bond donors (Lipinski definition) is 0. The molecule has 3 unspecified atom stereocenters. The van der Waals surface area contributed by atoms with Gasteiger partial charge in [-0.3, -0.25) is 9.59 Å². The maximum absolute atomic E-state index is 12.6. The van der Waals surface area contributed by atoms with Crippen LogP contribution >= 0.6 is 0 Å². The van der Waals surface area contributed by atoms with Gasteiger partial charge in [0.15, 0.2) is 0 Å². The molecule has 6 rings (SSSR count). The van der Waals surface area contributed by atoms with E-state index in [9.17, 15) is 9.59 Å². The van der Waals surface area contributed by atoms with Crippen molar-refractivity contribution in [1.29, 1.82) is 0 Å². The lowest BCUT2D eigenvalue weighted by molar-refractivity contribution is -0.197. The summed E-state index contributed by atoms with van der Waals surface area (Å²) in [5, 5.41) is 0. The predicted molar refractivity (Wildman–Crippen MR) is 175 cm³/mol. The van der Waals surface area contributed by atoms with Crippen LogP contribution in [0.3, 0.4) is 0 Å². The molecule has 4 heteroatoms. The standard InChI is InChI=1S/C40H54O4/c1-26(16-18-33(29-12-8-6-9-13-29)30-14-10-7-11-15-30)35-20-21-36-34-19-17-31-24-32(43-27(2)41)22-23-39(31,4)37(34)25-38(40(35,36)5)44-28(3)42/h6-15,26,31-38H,16-25H2,1-5H3/t26-,31?,32?,34+,35-,36+,37+,38?,39+,40-/m1/s1. The Morgan fingerprint density at radius 2 is 1.41 bits per heavy atom. The molecule has 0 radical (unpaired) electrons. The van der Waals surface area contributed by atoms with E-state index in [1.54, 1.807) is 6.92 Å². The van der Waals surface area contributed by atoms with E-state index in [0.717, 1.165) is 32.1 Å². The van der Waals surface area contributed by atoms with Gasteiger partial charge in [-0.2, -0.15) is 0 Å². The average molecular weight is 599 g/mol. The summed E-state index contributed by atoms with van der Waals surface area (Å²) in [5.41, 5.74) is 3.03. The number of ether oxygens (including phenoxy) is 2. The van der Waals surface area contributed by atoms with Gasteiger partial charge in [0.25, 0.3) is 0 Å². The van der Waals surface area contributed by atoms with Gasteiger partial charge in [0.05, 0.1) is 0 Å². The molecule has 2 aromatic rings. The molecule has 0 N–H and O–H groups in total. The van der Waals surface area contributed by atoms with Gasteiger partial charge in [-0.15, -0.1) is 0 Å². The molecular weight excluding hydrogens is 544 g/mol. The number of fused-ring (bicyclic) bond motifs is 5. The van der Waals surface area contributed by atoms with Crippen molar-refractivity contribution in [2.75, 3.05) is 0 Å². The second-order valence-electron chi connectivity index (χ2n) is 15.5. The Hall–Kier alpha value is -2.62. The minimum absolute atomic E-state index is 0.0133. The highest BCUT2D eigenvalue weighted by atomic mass is 16.5. The Morgan fingerprint density at radius 3 is 2.02 bits per heavy atom. The highest BCUT2D eigenvalue weighted by Gasteiger charge is 2.65. The zero-order valence-electron chi connectivity index (χ0n) is 27.7. The summed E-state index contributed by atoms with van der Waals surface area (Å²) in [6.07, 6.45) is 11.3. The van der Waals surface area contributed by atoms with Gasteiger partial charge in [-0.25, -0.2) is 0 Å². The largest absolute Gasteiger partial charge is 0.463 e. The molecule has 10 atom stereocenters. The van der Waals surface area contributed by atoms with Crippen molar-refractivity contribution in [2.24, 2.45) is 46.3 Å². The molecule has 238 valence electrons. The molecule has 0 saturated heterocycles. The van der Waals surface area contributed by atoms with Crippen LogP contribution in [0.1, 0.15) is 116 Å². The monoisotopic (exact) mass is 598 g/mol. The number of carbonyl (C=O) groups is 2. The fraction of sp³-hybridized carbons (Fsp3) is 0.650. The van der Waals surface area contributed by atoms with Crippen molar-refractivity contribution in [2.45, 2.75) is 117 Å². The molecule has 44 heavy (non-hydrogen) atoms. The molecule has 0 bridgehead atoms. The zero-order valence-corrected chi connectivity index (χ0v) is 27.7. The second-order valence-corrected chi connectivity index (χ2v) is 15.5. The summed E-state index contributed by atoms with van der Waals surface area (Å²) < 4.78 is 12.1. The predicted octanol–water partition coefficient (Wildman–Crippen LogP) is 9.37. The van der Waals surface area contributed by atoms with E-state index < -0.39 is 0 Å². The molecule has 4 aliphatic carbocycles. The first-order valence-electron chi connectivity index (χ1n) is 17.6. The molecule has 0 amide bonds. The van der Waals surface area contributed by atoms with Crippen molar-refractivity contribution < 1.29 is 19.1 Å². The van der Waals surface area contributed by atoms with Crippen LogP contribution in [-0.4, -0.2) is 24.1 Å². The van der Waals surface area contributed by atoms with Crippen molar-refractivity contribution >= 4 is 11.9 Å². The molecule has 4 nitrogen and oxygen atoms in total. The number of benzene rings is 2. The average Bonchev–Trinajstić information content (AvgIpc) is 3.37. The van der Waals surface area contributed by atoms with Gasteiger partial charge >= 0.3 is 11.9 Å². The van der Waals surface area contributed by atoms with Crippen LogP contribution < -0.4 is 0 Å². The van der Waals surface area contributed by atoms with Gasteiger partial charge in [0.2, 0.25) is 0 Å². The summed E-state index contributed by atoms with van der Waals surface area (Å²) in [6, 6.07) is 22.0. The van der Waals surface area contributed by atoms with Crippen LogP contribution in [-0.2, 0) is 19.1 Å². The fourth-order valence-corrected chi connectivity index (χ4v) is 11.4. The maximum atomic E-state index is 12.6. The lowest BCUT2D eigenvalue weighted by Crippen LogP contribution is -2.59. The summed E-state index contributed by atoms with van der Waals surface area (Å²) in [6.45, 7) is 10.7. The first-order chi connectivity index (χ1) is 21.1. The van der Waals surface area contributed by atoms with E-state index in [2.05, 4.69) is 81.4 Å². The Bertz CT molecular complexity index is 1250. The summed E-state index contributed by atoms with van der Waals surface area (Å²) in [7, 11) is 0. The third kappa shape index (κ3) is 5.76. The number of rotatable bonds is 8. The van der Waals surface area contributed by atoms with E-state index >= 15 is 0 Å². The van der Waals surface area contributed by atoms with E-state index in [1.165, 1.54) is 50.2 Å². The van der Waals surface area contributed by atoms with E-state index in [1.807, 2.05) is 0 Å². The van der Waals surface area contributed by atoms with Crippen LogP contribution in [0.5, 0.6) is 0 Å². The third-order valence-corrected chi connectivity index (χ3v) is 13.4. The molecule has 0 spiro atoms. The Balaban J connectivity index is 1.22. The Labute approximate surface area is 265 Å². The highest BCUT2D eigenvalue weighted by molar-refractivity contribution is 5.66. The van der Waals surface area contributed by atoms with Gasteiger partial charge in [-0.05, 0) is 116 Å². The number of carbonyl (C=O) groups excluding carboxylic acids is 2. The quantitative estimate of drug-likeness (QED) is 0.284.